The molecule has 1 N–H and O–H groups in total. The molecule has 1 atom stereocenters. The van der Waals surface area contributed by atoms with E-state index < -0.39 is 18.2 Å². The van der Waals surface area contributed by atoms with Gasteiger partial charge in [0.05, 0.1) is 0 Å². The Morgan fingerprint density at radius 2 is 1.88 bits per heavy atom. The van der Waals surface area contributed by atoms with Crippen LogP contribution in [0.3, 0.4) is 0 Å². The lowest BCUT2D eigenvalue weighted by molar-refractivity contribution is -0.169. The summed E-state index contributed by atoms with van der Waals surface area (Å²) in [6, 6.07) is 8.86. The van der Waals surface area contributed by atoms with Crippen molar-refractivity contribution in [2.45, 2.75) is 6.29 Å². The summed E-state index contributed by atoms with van der Waals surface area (Å²) in [4.78, 5) is 21.4. The average molecular weight is 236 g/mol. The SMILES string of the molecule is COC(OC(=O)/C=C/C(=O)O)c1ccccc1. The molecule has 0 saturated heterocycles. The van der Waals surface area contributed by atoms with Crippen molar-refractivity contribution in [1.82, 2.24) is 0 Å². The van der Waals surface area contributed by atoms with Gasteiger partial charge in [0.2, 0.25) is 6.29 Å². The van der Waals surface area contributed by atoms with E-state index in [1.54, 1.807) is 24.3 Å². The Morgan fingerprint density at radius 1 is 1.24 bits per heavy atom. The Hall–Kier alpha value is -2.14. The van der Waals surface area contributed by atoms with E-state index in [9.17, 15) is 9.59 Å². The number of methoxy groups -OCH3 is 1. The second-order valence-electron chi connectivity index (χ2n) is 3.09. The van der Waals surface area contributed by atoms with Crippen LogP contribution in [0.15, 0.2) is 42.5 Å². The number of benzene rings is 1. The Balaban J connectivity index is 2.65. The lowest BCUT2D eigenvalue weighted by Crippen LogP contribution is -2.11. The highest BCUT2D eigenvalue weighted by Gasteiger charge is 2.13. The summed E-state index contributed by atoms with van der Waals surface area (Å²) < 4.78 is 9.91. The second kappa shape index (κ2) is 6.44. The molecule has 0 spiro atoms. The lowest BCUT2D eigenvalue weighted by Gasteiger charge is -2.14. The van der Waals surface area contributed by atoms with Gasteiger partial charge in [0.1, 0.15) is 0 Å². The van der Waals surface area contributed by atoms with Crippen molar-refractivity contribution in [2.24, 2.45) is 0 Å². The molecule has 5 heteroatoms. The van der Waals surface area contributed by atoms with E-state index >= 15 is 0 Å². The van der Waals surface area contributed by atoms with Crippen molar-refractivity contribution in [3.05, 3.63) is 48.0 Å². The van der Waals surface area contributed by atoms with E-state index in [0.29, 0.717) is 11.6 Å². The molecule has 1 rings (SSSR count). The Labute approximate surface area is 98.3 Å². The van der Waals surface area contributed by atoms with Crippen LogP contribution in [0.25, 0.3) is 0 Å². The van der Waals surface area contributed by atoms with Gasteiger partial charge in [-0.15, -0.1) is 0 Å². The van der Waals surface area contributed by atoms with E-state index in [1.807, 2.05) is 6.07 Å². The van der Waals surface area contributed by atoms with E-state index in [1.165, 1.54) is 7.11 Å². The molecule has 0 aliphatic carbocycles. The molecule has 0 radical (unpaired) electrons. The first-order valence-electron chi connectivity index (χ1n) is 4.83. The molecule has 0 saturated carbocycles. The highest BCUT2D eigenvalue weighted by Crippen LogP contribution is 2.17. The van der Waals surface area contributed by atoms with Gasteiger partial charge in [0.25, 0.3) is 0 Å². The minimum atomic E-state index is -1.21. The fourth-order valence-electron chi connectivity index (χ4n) is 1.15. The normalized spacial score (nSPS) is 12.3. The maximum atomic E-state index is 11.2. The first kappa shape index (κ1) is 12.9. The summed E-state index contributed by atoms with van der Waals surface area (Å²) in [7, 11) is 1.39. The zero-order chi connectivity index (χ0) is 12.7. The van der Waals surface area contributed by atoms with Crippen LogP contribution in [0.4, 0.5) is 0 Å². The van der Waals surface area contributed by atoms with Crippen LogP contribution >= 0.6 is 0 Å². The number of rotatable bonds is 5. The van der Waals surface area contributed by atoms with Crippen molar-refractivity contribution in [1.29, 1.82) is 0 Å². The summed E-state index contributed by atoms with van der Waals surface area (Å²) >= 11 is 0. The number of carbonyl (C=O) groups is 2. The zero-order valence-corrected chi connectivity index (χ0v) is 9.20. The first-order valence-corrected chi connectivity index (χ1v) is 4.83. The van der Waals surface area contributed by atoms with E-state index in [0.717, 1.165) is 6.08 Å². The van der Waals surface area contributed by atoms with Crippen LogP contribution in [0.5, 0.6) is 0 Å². The van der Waals surface area contributed by atoms with Gasteiger partial charge in [0, 0.05) is 24.8 Å². The predicted octanol–water partition coefficient (Wildman–Crippen LogP) is 1.52. The van der Waals surface area contributed by atoms with Crippen molar-refractivity contribution < 1.29 is 24.2 Å². The van der Waals surface area contributed by atoms with E-state index in [-0.39, 0.29) is 0 Å². The fraction of sp³-hybridized carbons (Fsp3) is 0.167. The quantitative estimate of drug-likeness (QED) is 0.476. The maximum absolute atomic E-state index is 11.2. The van der Waals surface area contributed by atoms with Gasteiger partial charge < -0.3 is 14.6 Å². The van der Waals surface area contributed by atoms with E-state index in [4.69, 9.17) is 14.6 Å². The first-order chi connectivity index (χ1) is 8.13. The van der Waals surface area contributed by atoms with Crippen LogP contribution in [0.1, 0.15) is 11.9 Å². The topological polar surface area (TPSA) is 72.8 Å². The molecule has 0 aromatic heterocycles. The summed E-state index contributed by atoms with van der Waals surface area (Å²) in [5.41, 5.74) is 0.673. The molecule has 0 fully saturated rings. The fourth-order valence-corrected chi connectivity index (χ4v) is 1.15. The average Bonchev–Trinajstić information content (AvgIpc) is 2.34. The molecule has 0 amide bonds. The Kier molecular flexibility index (Phi) is 4.90. The molecule has 17 heavy (non-hydrogen) atoms. The third-order valence-electron chi connectivity index (χ3n) is 1.87. The smallest absolute Gasteiger partial charge is 0.333 e. The maximum Gasteiger partial charge on any atom is 0.333 e. The summed E-state index contributed by atoms with van der Waals surface area (Å²) in [6.45, 7) is 0. The molecule has 1 unspecified atom stereocenters. The van der Waals surface area contributed by atoms with Crippen molar-refractivity contribution in [3.8, 4) is 0 Å². The lowest BCUT2D eigenvalue weighted by atomic mass is 10.2. The molecular weight excluding hydrogens is 224 g/mol. The van der Waals surface area contributed by atoms with Gasteiger partial charge in [-0.1, -0.05) is 30.3 Å². The Morgan fingerprint density at radius 3 is 2.41 bits per heavy atom. The van der Waals surface area contributed by atoms with Gasteiger partial charge in [-0.2, -0.15) is 0 Å². The van der Waals surface area contributed by atoms with Gasteiger partial charge in [-0.25, -0.2) is 9.59 Å². The van der Waals surface area contributed by atoms with Crippen molar-refractivity contribution >= 4 is 11.9 Å². The monoisotopic (exact) mass is 236 g/mol. The zero-order valence-electron chi connectivity index (χ0n) is 9.20. The minimum absolute atomic E-state index is 0.673. The molecule has 0 aliphatic rings. The van der Waals surface area contributed by atoms with Gasteiger partial charge in [-0.05, 0) is 0 Å². The van der Waals surface area contributed by atoms with Crippen LogP contribution in [0, 0.1) is 0 Å². The number of carboxylic acids is 1. The number of ether oxygens (including phenoxy) is 2. The van der Waals surface area contributed by atoms with Crippen molar-refractivity contribution in [3.63, 3.8) is 0 Å². The van der Waals surface area contributed by atoms with Crippen LogP contribution in [0.2, 0.25) is 0 Å². The molecule has 0 bridgehead atoms. The second-order valence-corrected chi connectivity index (χ2v) is 3.09. The van der Waals surface area contributed by atoms with Crippen molar-refractivity contribution in [2.75, 3.05) is 7.11 Å². The highest BCUT2D eigenvalue weighted by molar-refractivity contribution is 5.90. The molecule has 0 heterocycles. The molecule has 1 aromatic rings. The summed E-state index contributed by atoms with van der Waals surface area (Å²) in [5, 5.41) is 8.34. The number of carboxylic acid groups (broad SMARTS) is 1. The third-order valence-corrected chi connectivity index (χ3v) is 1.87. The number of esters is 1. The molecular formula is C12H12O5. The molecule has 5 nitrogen and oxygen atoms in total. The number of aliphatic carboxylic acids is 1. The van der Waals surface area contributed by atoms with Crippen LogP contribution < -0.4 is 0 Å². The summed E-state index contributed by atoms with van der Waals surface area (Å²) in [5.74, 6) is -1.99. The van der Waals surface area contributed by atoms with Gasteiger partial charge in [0.15, 0.2) is 0 Å². The molecule has 1 aromatic carbocycles. The van der Waals surface area contributed by atoms with Crippen LogP contribution in [-0.4, -0.2) is 24.2 Å². The predicted molar refractivity (Wildman–Crippen MR) is 59.1 cm³/mol. The largest absolute Gasteiger partial charge is 0.478 e. The summed E-state index contributed by atoms with van der Waals surface area (Å²) in [6.07, 6.45) is 0.694. The van der Waals surface area contributed by atoms with Crippen LogP contribution in [-0.2, 0) is 19.1 Å². The minimum Gasteiger partial charge on any atom is -0.478 e. The molecule has 90 valence electrons. The Bertz CT molecular complexity index is 410. The van der Waals surface area contributed by atoms with Gasteiger partial charge in [-0.3, -0.25) is 0 Å². The van der Waals surface area contributed by atoms with E-state index in [2.05, 4.69) is 0 Å². The number of carbonyl (C=O) groups excluding carboxylic acids is 1. The standard InChI is InChI=1S/C12H12O5/c1-16-12(9-5-3-2-4-6-9)17-11(15)8-7-10(13)14/h2-8,12H,1H3,(H,13,14)/b8-7+. The number of hydrogen-bond acceptors (Lipinski definition) is 4. The molecule has 0 aliphatic heterocycles. The number of hydrogen-bond donors (Lipinski definition) is 1. The van der Waals surface area contributed by atoms with Gasteiger partial charge >= 0.3 is 11.9 Å². The third kappa shape index (κ3) is 4.48. The highest BCUT2D eigenvalue weighted by atomic mass is 16.7.